The Morgan fingerprint density at radius 1 is 1.64 bits per heavy atom. The lowest BCUT2D eigenvalue weighted by atomic mass is 9.96. The van der Waals surface area contributed by atoms with E-state index in [-0.39, 0.29) is 0 Å². The molecule has 0 amide bonds. The van der Waals surface area contributed by atoms with Crippen molar-refractivity contribution in [3.05, 3.63) is 29.8 Å². The Kier molecular flexibility index (Phi) is 1.57. The predicted molar refractivity (Wildman–Crippen MR) is 46.6 cm³/mol. The number of benzene rings is 1. The van der Waals surface area contributed by atoms with Gasteiger partial charge in [-0.25, -0.2) is 0 Å². The Morgan fingerprint density at radius 2 is 2.55 bits per heavy atom. The third kappa shape index (κ3) is 1.23. The molecule has 1 aliphatic heterocycles. The van der Waals surface area contributed by atoms with Crippen molar-refractivity contribution in [3.8, 4) is 0 Å². The molecule has 0 bridgehead atoms. The summed E-state index contributed by atoms with van der Waals surface area (Å²) in [4.78, 5) is 0. The lowest BCUT2D eigenvalue weighted by Crippen LogP contribution is -2.20. The molecule has 0 aliphatic carbocycles. The Labute approximate surface area is 67.4 Å². The summed E-state index contributed by atoms with van der Waals surface area (Å²) in [5.74, 6) is 0.768. The molecular weight excluding hydrogens is 134 g/mol. The highest BCUT2D eigenvalue weighted by molar-refractivity contribution is 5.52. The first-order valence-electron chi connectivity index (χ1n) is 4.09. The first kappa shape index (κ1) is 6.71. The zero-order valence-electron chi connectivity index (χ0n) is 6.72. The number of anilines is 1. The largest absolute Gasteiger partial charge is 0.385 e. The van der Waals surface area contributed by atoms with E-state index in [4.69, 9.17) is 0 Å². The van der Waals surface area contributed by atoms with Crippen LogP contribution in [0.3, 0.4) is 0 Å². The molecule has 1 nitrogen and oxygen atoms in total. The molecule has 1 N–H and O–H groups in total. The van der Waals surface area contributed by atoms with E-state index in [1.807, 2.05) is 12.1 Å². The Hall–Kier alpha value is -0.980. The molecule has 1 heterocycles. The molecule has 0 saturated carbocycles. The molecule has 1 aromatic rings. The van der Waals surface area contributed by atoms with Crippen molar-refractivity contribution < 1.29 is 0 Å². The molecule has 1 aliphatic rings. The molecule has 1 atom stereocenters. The van der Waals surface area contributed by atoms with E-state index >= 15 is 0 Å². The topological polar surface area (TPSA) is 12.0 Å². The van der Waals surface area contributed by atoms with Crippen LogP contribution in [0.2, 0.25) is 0 Å². The van der Waals surface area contributed by atoms with Crippen molar-refractivity contribution in [2.45, 2.75) is 13.3 Å². The summed E-state index contributed by atoms with van der Waals surface area (Å²) in [5.41, 5.74) is 2.70. The first-order valence-corrected chi connectivity index (χ1v) is 4.09. The van der Waals surface area contributed by atoms with E-state index in [9.17, 15) is 0 Å². The Bertz CT molecular complexity index is 255. The van der Waals surface area contributed by atoms with Gasteiger partial charge in [0.2, 0.25) is 0 Å². The maximum atomic E-state index is 3.38. The van der Waals surface area contributed by atoms with E-state index in [1.165, 1.54) is 17.7 Å². The summed E-state index contributed by atoms with van der Waals surface area (Å²) in [6, 6.07) is 9.24. The predicted octanol–water partition coefficient (Wildman–Crippen LogP) is 2.09. The van der Waals surface area contributed by atoms with Crippen LogP contribution < -0.4 is 5.32 Å². The van der Waals surface area contributed by atoms with E-state index in [0.29, 0.717) is 0 Å². The summed E-state index contributed by atoms with van der Waals surface area (Å²) < 4.78 is 0. The van der Waals surface area contributed by atoms with Gasteiger partial charge in [-0.15, -0.1) is 0 Å². The fourth-order valence-electron chi connectivity index (χ4n) is 1.54. The molecular formula is C10H12N. The Morgan fingerprint density at radius 3 is 3.45 bits per heavy atom. The van der Waals surface area contributed by atoms with Crippen molar-refractivity contribution >= 4 is 5.69 Å². The lowest BCUT2D eigenvalue weighted by Gasteiger charge is -2.22. The van der Waals surface area contributed by atoms with Crippen LogP contribution in [-0.4, -0.2) is 6.54 Å². The summed E-state index contributed by atoms with van der Waals surface area (Å²) in [6.45, 7) is 3.37. The van der Waals surface area contributed by atoms with Gasteiger partial charge in [0.1, 0.15) is 0 Å². The van der Waals surface area contributed by atoms with Gasteiger partial charge in [-0.05, 0) is 30.0 Å². The third-order valence-corrected chi connectivity index (χ3v) is 2.16. The second-order valence-corrected chi connectivity index (χ2v) is 3.27. The van der Waals surface area contributed by atoms with Crippen molar-refractivity contribution in [3.63, 3.8) is 0 Å². The van der Waals surface area contributed by atoms with Gasteiger partial charge in [-0.1, -0.05) is 19.1 Å². The van der Waals surface area contributed by atoms with Gasteiger partial charge in [-0.2, -0.15) is 0 Å². The minimum Gasteiger partial charge on any atom is -0.385 e. The summed E-state index contributed by atoms with van der Waals surface area (Å²) in [7, 11) is 0. The van der Waals surface area contributed by atoms with Crippen LogP contribution in [-0.2, 0) is 6.42 Å². The minimum atomic E-state index is 0.768. The van der Waals surface area contributed by atoms with E-state index in [0.717, 1.165) is 12.5 Å². The molecule has 2 rings (SSSR count). The molecule has 57 valence electrons. The molecule has 0 fully saturated rings. The number of nitrogens with one attached hydrogen (secondary N) is 1. The maximum absolute atomic E-state index is 3.38. The smallest absolute Gasteiger partial charge is 0.0379 e. The SMILES string of the molecule is CC1CNc2c[c]ccc2C1. The normalized spacial score (nSPS) is 22.1. The van der Waals surface area contributed by atoms with Gasteiger partial charge in [0.05, 0.1) is 0 Å². The number of fused-ring (bicyclic) bond motifs is 1. The molecule has 11 heavy (non-hydrogen) atoms. The average Bonchev–Trinajstić information content (AvgIpc) is 2.04. The minimum absolute atomic E-state index is 0.768. The number of hydrogen-bond acceptors (Lipinski definition) is 1. The second kappa shape index (κ2) is 2.57. The first-order chi connectivity index (χ1) is 5.36. The summed E-state index contributed by atoms with van der Waals surface area (Å²) in [5, 5.41) is 3.38. The van der Waals surface area contributed by atoms with Gasteiger partial charge in [0.25, 0.3) is 0 Å². The van der Waals surface area contributed by atoms with Crippen LogP contribution in [0.15, 0.2) is 18.2 Å². The van der Waals surface area contributed by atoms with Crippen molar-refractivity contribution in [1.29, 1.82) is 0 Å². The maximum Gasteiger partial charge on any atom is 0.0379 e. The highest BCUT2D eigenvalue weighted by atomic mass is 14.9. The van der Waals surface area contributed by atoms with Crippen LogP contribution in [0.1, 0.15) is 12.5 Å². The standard InChI is InChI=1S/C10H12N/c1-8-6-9-4-2-3-5-10(9)11-7-8/h2,4-5,8,11H,6-7H2,1H3. The summed E-state index contributed by atoms with van der Waals surface area (Å²) >= 11 is 0. The quantitative estimate of drug-likeness (QED) is 0.591. The Balaban J connectivity index is 2.34. The molecule has 1 heteroatoms. The second-order valence-electron chi connectivity index (χ2n) is 3.27. The van der Waals surface area contributed by atoms with Gasteiger partial charge in [-0.3, -0.25) is 0 Å². The van der Waals surface area contributed by atoms with Gasteiger partial charge < -0.3 is 5.32 Å². The molecule has 0 saturated heterocycles. The van der Waals surface area contributed by atoms with Crippen molar-refractivity contribution in [2.24, 2.45) is 5.92 Å². The van der Waals surface area contributed by atoms with Crippen LogP contribution >= 0.6 is 0 Å². The van der Waals surface area contributed by atoms with Crippen LogP contribution in [0.25, 0.3) is 0 Å². The van der Waals surface area contributed by atoms with Gasteiger partial charge in [0.15, 0.2) is 0 Å². The van der Waals surface area contributed by atoms with Crippen molar-refractivity contribution in [1.82, 2.24) is 0 Å². The monoisotopic (exact) mass is 146 g/mol. The zero-order valence-corrected chi connectivity index (χ0v) is 6.72. The molecule has 1 radical (unpaired) electrons. The number of rotatable bonds is 0. The molecule has 0 spiro atoms. The van der Waals surface area contributed by atoms with Crippen molar-refractivity contribution in [2.75, 3.05) is 11.9 Å². The molecule has 1 aromatic carbocycles. The fourth-order valence-corrected chi connectivity index (χ4v) is 1.54. The van der Waals surface area contributed by atoms with E-state index < -0.39 is 0 Å². The summed E-state index contributed by atoms with van der Waals surface area (Å²) in [6.07, 6.45) is 1.21. The van der Waals surface area contributed by atoms with Gasteiger partial charge in [0, 0.05) is 12.2 Å². The van der Waals surface area contributed by atoms with E-state index in [2.05, 4.69) is 24.4 Å². The number of hydrogen-bond donors (Lipinski definition) is 1. The molecule has 0 aromatic heterocycles. The van der Waals surface area contributed by atoms with E-state index in [1.54, 1.807) is 0 Å². The fraction of sp³-hybridized carbons (Fsp3) is 0.400. The lowest BCUT2D eigenvalue weighted by molar-refractivity contribution is 0.595. The third-order valence-electron chi connectivity index (χ3n) is 2.16. The highest BCUT2D eigenvalue weighted by Gasteiger charge is 2.12. The zero-order chi connectivity index (χ0) is 7.68. The van der Waals surface area contributed by atoms with Crippen LogP contribution in [0.5, 0.6) is 0 Å². The van der Waals surface area contributed by atoms with Crippen LogP contribution in [0, 0.1) is 12.0 Å². The molecule has 1 unspecified atom stereocenters. The van der Waals surface area contributed by atoms with Gasteiger partial charge >= 0.3 is 0 Å². The van der Waals surface area contributed by atoms with Crippen LogP contribution in [0.4, 0.5) is 5.69 Å². The highest BCUT2D eigenvalue weighted by Crippen LogP contribution is 2.23. The average molecular weight is 146 g/mol.